The molecule has 0 aliphatic heterocycles. The SMILES string of the molecule is CC(C)CNC(=O)C1C2CC3CC(C2)CC1C3. The van der Waals surface area contributed by atoms with E-state index in [9.17, 15) is 4.79 Å². The molecular weight excluding hydrogens is 210 g/mol. The molecule has 0 aromatic carbocycles. The number of carbonyl (C=O) groups excluding carboxylic acids is 1. The van der Waals surface area contributed by atoms with E-state index in [2.05, 4.69) is 19.2 Å². The molecule has 0 atom stereocenters. The van der Waals surface area contributed by atoms with Crippen LogP contribution in [0.3, 0.4) is 0 Å². The van der Waals surface area contributed by atoms with Crippen molar-refractivity contribution < 1.29 is 4.79 Å². The van der Waals surface area contributed by atoms with Crippen LogP contribution in [0.25, 0.3) is 0 Å². The van der Waals surface area contributed by atoms with Gasteiger partial charge in [0.05, 0.1) is 0 Å². The van der Waals surface area contributed by atoms with E-state index in [1.165, 1.54) is 32.1 Å². The number of rotatable bonds is 3. The summed E-state index contributed by atoms with van der Waals surface area (Å²) in [7, 11) is 0. The van der Waals surface area contributed by atoms with Crippen LogP contribution in [0.4, 0.5) is 0 Å². The molecule has 2 heteroatoms. The Balaban J connectivity index is 1.65. The lowest BCUT2D eigenvalue weighted by Crippen LogP contribution is -2.51. The van der Waals surface area contributed by atoms with Crippen LogP contribution in [-0.4, -0.2) is 12.5 Å². The smallest absolute Gasteiger partial charge is 0.223 e. The minimum absolute atomic E-state index is 0.363. The zero-order valence-electron chi connectivity index (χ0n) is 11.1. The van der Waals surface area contributed by atoms with Crippen LogP contribution in [0.1, 0.15) is 46.0 Å². The summed E-state index contributed by atoms with van der Waals surface area (Å²) in [6, 6.07) is 0. The predicted octanol–water partition coefficient (Wildman–Crippen LogP) is 2.83. The Morgan fingerprint density at radius 3 is 2.06 bits per heavy atom. The molecule has 0 radical (unpaired) electrons. The molecule has 4 fully saturated rings. The Bertz CT molecular complexity index is 282. The lowest BCUT2D eigenvalue weighted by Gasteiger charge is -2.53. The minimum atomic E-state index is 0.363. The Labute approximate surface area is 105 Å². The van der Waals surface area contributed by atoms with E-state index in [-0.39, 0.29) is 0 Å². The monoisotopic (exact) mass is 235 g/mol. The van der Waals surface area contributed by atoms with E-state index in [4.69, 9.17) is 0 Å². The molecule has 2 nitrogen and oxygen atoms in total. The second-order valence-corrected chi connectivity index (χ2v) is 7.10. The fourth-order valence-corrected chi connectivity index (χ4v) is 4.78. The van der Waals surface area contributed by atoms with Gasteiger partial charge in [0, 0.05) is 12.5 Å². The third-order valence-electron chi connectivity index (χ3n) is 5.21. The molecule has 4 saturated carbocycles. The van der Waals surface area contributed by atoms with Crippen molar-refractivity contribution in [1.29, 1.82) is 0 Å². The van der Waals surface area contributed by atoms with Crippen molar-refractivity contribution in [3.05, 3.63) is 0 Å². The van der Waals surface area contributed by atoms with Gasteiger partial charge in [-0.3, -0.25) is 4.79 Å². The quantitative estimate of drug-likeness (QED) is 0.800. The summed E-state index contributed by atoms with van der Waals surface area (Å²) in [5.74, 6) is 4.67. The highest BCUT2D eigenvalue weighted by Gasteiger charge is 2.50. The first kappa shape index (κ1) is 11.6. The van der Waals surface area contributed by atoms with Crippen LogP contribution in [-0.2, 0) is 4.79 Å². The van der Waals surface area contributed by atoms with Gasteiger partial charge in [-0.25, -0.2) is 0 Å². The van der Waals surface area contributed by atoms with Crippen molar-refractivity contribution in [2.75, 3.05) is 6.54 Å². The van der Waals surface area contributed by atoms with Gasteiger partial charge in [0.15, 0.2) is 0 Å². The molecule has 4 bridgehead atoms. The van der Waals surface area contributed by atoms with E-state index in [0.29, 0.717) is 17.7 Å². The maximum Gasteiger partial charge on any atom is 0.223 e. The molecule has 4 aliphatic rings. The fraction of sp³-hybridized carbons (Fsp3) is 0.933. The van der Waals surface area contributed by atoms with Gasteiger partial charge in [0.25, 0.3) is 0 Å². The minimum Gasteiger partial charge on any atom is -0.356 e. The summed E-state index contributed by atoms with van der Waals surface area (Å²) >= 11 is 0. The van der Waals surface area contributed by atoms with Crippen molar-refractivity contribution in [2.24, 2.45) is 35.5 Å². The molecule has 1 N–H and O–H groups in total. The van der Waals surface area contributed by atoms with E-state index in [0.717, 1.165) is 30.2 Å². The highest BCUT2D eigenvalue weighted by molar-refractivity contribution is 5.79. The molecule has 0 unspecified atom stereocenters. The van der Waals surface area contributed by atoms with Crippen molar-refractivity contribution in [3.63, 3.8) is 0 Å². The first-order valence-corrected chi connectivity index (χ1v) is 7.41. The summed E-state index contributed by atoms with van der Waals surface area (Å²) in [4.78, 5) is 12.3. The number of hydrogen-bond donors (Lipinski definition) is 1. The normalized spacial score (nSPS) is 43.1. The van der Waals surface area contributed by atoms with E-state index >= 15 is 0 Å². The van der Waals surface area contributed by atoms with E-state index < -0.39 is 0 Å². The zero-order valence-corrected chi connectivity index (χ0v) is 11.1. The molecule has 0 saturated heterocycles. The Hall–Kier alpha value is -0.530. The van der Waals surface area contributed by atoms with E-state index in [1.54, 1.807) is 0 Å². The first-order valence-electron chi connectivity index (χ1n) is 7.41. The Kier molecular flexibility index (Phi) is 2.92. The van der Waals surface area contributed by atoms with Gasteiger partial charge in [0.1, 0.15) is 0 Å². The maximum atomic E-state index is 12.3. The van der Waals surface area contributed by atoms with Crippen LogP contribution in [0.5, 0.6) is 0 Å². The highest BCUT2D eigenvalue weighted by atomic mass is 16.1. The van der Waals surface area contributed by atoms with Crippen molar-refractivity contribution in [1.82, 2.24) is 5.32 Å². The lowest BCUT2D eigenvalue weighted by molar-refractivity contribution is -0.138. The van der Waals surface area contributed by atoms with E-state index in [1.807, 2.05) is 0 Å². The molecule has 17 heavy (non-hydrogen) atoms. The second kappa shape index (κ2) is 4.29. The molecule has 1 amide bonds. The maximum absolute atomic E-state index is 12.3. The Morgan fingerprint density at radius 1 is 1.06 bits per heavy atom. The Morgan fingerprint density at radius 2 is 1.59 bits per heavy atom. The van der Waals surface area contributed by atoms with Crippen LogP contribution in [0.2, 0.25) is 0 Å². The molecular formula is C15H25NO. The summed E-state index contributed by atoms with van der Waals surface area (Å²) in [5, 5.41) is 3.17. The van der Waals surface area contributed by atoms with Gasteiger partial charge in [-0.15, -0.1) is 0 Å². The molecule has 0 aromatic rings. The fourth-order valence-electron chi connectivity index (χ4n) is 4.78. The van der Waals surface area contributed by atoms with Crippen LogP contribution in [0, 0.1) is 35.5 Å². The van der Waals surface area contributed by atoms with Crippen LogP contribution < -0.4 is 5.32 Å². The van der Waals surface area contributed by atoms with Gasteiger partial charge in [-0.2, -0.15) is 0 Å². The van der Waals surface area contributed by atoms with Crippen LogP contribution >= 0.6 is 0 Å². The summed E-state index contributed by atoms with van der Waals surface area (Å²) < 4.78 is 0. The third kappa shape index (κ3) is 2.11. The van der Waals surface area contributed by atoms with Gasteiger partial charge < -0.3 is 5.32 Å². The summed E-state index contributed by atoms with van der Waals surface area (Å²) in [6.45, 7) is 5.18. The average Bonchev–Trinajstić information content (AvgIpc) is 2.24. The van der Waals surface area contributed by atoms with Crippen molar-refractivity contribution in [2.45, 2.75) is 46.0 Å². The molecule has 0 heterocycles. The molecule has 0 aromatic heterocycles. The third-order valence-corrected chi connectivity index (χ3v) is 5.21. The number of hydrogen-bond acceptors (Lipinski definition) is 1. The van der Waals surface area contributed by atoms with Gasteiger partial charge in [-0.1, -0.05) is 13.8 Å². The van der Waals surface area contributed by atoms with Crippen molar-refractivity contribution >= 4 is 5.91 Å². The summed E-state index contributed by atoms with van der Waals surface area (Å²) in [6.07, 6.45) is 6.83. The molecule has 4 rings (SSSR count). The largest absolute Gasteiger partial charge is 0.356 e. The number of nitrogens with one attached hydrogen (secondary N) is 1. The molecule has 0 spiro atoms. The molecule has 96 valence electrons. The second-order valence-electron chi connectivity index (χ2n) is 7.10. The van der Waals surface area contributed by atoms with Gasteiger partial charge >= 0.3 is 0 Å². The topological polar surface area (TPSA) is 29.1 Å². The first-order chi connectivity index (χ1) is 8.13. The standard InChI is InChI=1S/C15H25NO/c1-9(2)8-16-15(17)14-12-4-10-3-11(6-12)7-13(14)5-10/h9-14H,3-8H2,1-2H3,(H,16,17). The summed E-state index contributed by atoms with van der Waals surface area (Å²) in [5.41, 5.74) is 0. The highest BCUT2D eigenvalue weighted by Crippen LogP contribution is 2.56. The zero-order chi connectivity index (χ0) is 12.0. The van der Waals surface area contributed by atoms with Gasteiger partial charge in [0.2, 0.25) is 5.91 Å². The lowest BCUT2D eigenvalue weighted by atomic mass is 9.51. The molecule has 4 aliphatic carbocycles. The number of amides is 1. The van der Waals surface area contributed by atoms with Crippen LogP contribution in [0.15, 0.2) is 0 Å². The average molecular weight is 235 g/mol. The van der Waals surface area contributed by atoms with Crippen molar-refractivity contribution in [3.8, 4) is 0 Å². The predicted molar refractivity (Wildman–Crippen MR) is 68.4 cm³/mol. The van der Waals surface area contributed by atoms with Gasteiger partial charge in [-0.05, 0) is 61.7 Å². The number of carbonyl (C=O) groups is 1.